The molecule has 22 heavy (non-hydrogen) atoms. The summed E-state index contributed by atoms with van der Waals surface area (Å²) in [5, 5.41) is 2.74. The Kier molecular flexibility index (Phi) is 4.11. The van der Waals surface area contributed by atoms with Gasteiger partial charge in [-0.3, -0.25) is 4.79 Å². The number of anilines is 1. The van der Waals surface area contributed by atoms with Crippen molar-refractivity contribution in [3.8, 4) is 11.5 Å². The first-order chi connectivity index (χ1) is 10.6. The summed E-state index contributed by atoms with van der Waals surface area (Å²) in [6.45, 7) is 0.160. The van der Waals surface area contributed by atoms with Crippen molar-refractivity contribution in [3.63, 3.8) is 0 Å². The zero-order chi connectivity index (χ0) is 15.5. The molecule has 0 aromatic heterocycles. The molecule has 0 atom stereocenters. The van der Waals surface area contributed by atoms with Gasteiger partial charge < -0.3 is 14.8 Å². The Balaban J connectivity index is 1.68. The molecule has 4 nitrogen and oxygen atoms in total. The van der Waals surface area contributed by atoms with E-state index in [2.05, 4.69) is 21.2 Å². The molecule has 0 bridgehead atoms. The minimum atomic E-state index is -0.408. The second kappa shape index (κ2) is 6.19. The number of ketones is 1. The lowest BCUT2D eigenvalue weighted by molar-refractivity contribution is 0.104. The number of carbonyl (C=O) groups excluding carboxylic acids is 1. The predicted molar refractivity (Wildman–Crippen MR) is 83.8 cm³/mol. The molecule has 2 aromatic rings. The lowest BCUT2D eigenvalue weighted by Gasteiger charge is -2.03. The molecule has 6 heteroatoms. The number of carbonyl (C=O) groups is 1. The smallest absolute Gasteiger partial charge is 0.231 e. The maximum absolute atomic E-state index is 13.6. The number of hydrogen-bond acceptors (Lipinski definition) is 4. The highest BCUT2D eigenvalue weighted by Crippen LogP contribution is 2.32. The minimum absolute atomic E-state index is 0.160. The number of allylic oxidation sites excluding steroid dienone is 1. The van der Waals surface area contributed by atoms with E-state index in [4.69, 9.17) is 9.47 Å². The first kappa shape index (κ1) is 14.6. The van der Waals surface area contributed by atoms with Crippen molar-refractivity contribution in [3.05, 3.63) is 64.5 Å². The van der Waals surface area contributed by atoms with Gasteiger partial charge >= 0.3 is 0 Å². The van der Waals surface area contributed by atoms with Crippen LogP contribution in [0, 0.1) is 5.82 Å². The van der Waals surface area contributed by atoms with E-state index < -0.39 is 5.82 Å². The van der Waals surface area contributed by atoms with Crippen LogP contribution in [-0.4, -0.2) is 12.6 Å². The van der Waals surface area contributed by atoms with Crippen LogP contribution in [0.3, 0.4) is 0 Å². The van der Waals surface area contributed by atoms with Gasteiger partial charge in [0, 0.05) is 22.3 Å². The Morgan fingerprint density at radius 3 is 2.82 bits per heavy atom. The summed E-state index contributed by atoms with van der Waals surface area (Å²) in [7, 11) is 0. The molecule has 0 radical (unpaired) electrons. The fourth-order valence-electron chi connectivity index (χ4n) is 1.96. The molecule has 0 unspecified atom stereocenters. The summed E-state index contributed by atoms with van der Waals surface area (Å²) in [5.74, 6) is 0.541. The summed E-state index contributed by atoms with van der Waals surface area (Å²) < 4.78 is 24.7. The van der Waals surface area contributed by atoms with Gasteiger partial charge in [-0.05, 0) is 36.4 Å². The Morgan fingerprint density at radius 2 is 2.00 bits per heavy atom. The van der Waals surface area contributed by atoms with E-state index in [1.54, 1.807) is 30.3 Å². The first-order valence-corrected chi connectivity index (χ1v) is 7.25. The molecule has 1 N–H and O–H groups in total. The molecule has 0 amide bonds. The van der Waals surface area contributed by atoms with Gasteiger partial charge in [-0.1, -0.05) is 15.9 Å². The van der Waals surface area contributed by atoms with Gasteiger partial charge in [0.05, 0.1) is 5.69 Å². The molecule has 0 saturated carbocycles. The molecule has 1 aliphatic rings. The number of halogens is 2. The summed E-state index contributed by atoms with van der Waals surface area (Å²) >= 11 is 3.18. The van der Waals surface area contributed by atoms with Crippen molar-refractivity contribution >= 4 is 27.4 Å². The maximum Gasteiger partial charge on any atom is 0.231 e. The average molecular weight is 364 g/mol. The highest BCUT2D eigenvalue weighted by atomic mass is 79.9. The Morgan fingerprint density at radius 1 is 1.18 bits per heavy atom. The molecule has 1 aliphatic heterocycles. The van der Waals surface area contributed by atoms with Crippen LogP contribution in [0.5, 0.6) is 11.5 Å². The predicted octanol–water partition coefficient (Wildman–Crippen LogP) is 4.13. The molecule has 3 rings (SSSR count). The quantitative estimate of drug-likeness (QED) is 0.655. The zero-order valence-corrected chi connectivity index (χ0v) is 12.9. The third-order valence-corrected chi connectivity index (χ3v) is 3.56. The Labute approximate surface area is 134 Å². The first-order valence-electron chi connectivity index (χ1n) is 6.45. The number of rotatable bonds is 4. The van der Waals surface area contributed by atoms with E-state index in [9.17, 15) is 9.18 Å². The second-order valence-corrected chi connectivity index (χ2v) is 5.45. The lowest BCUT2D eigenvalue weighted by atomic mass is 10.1. The molecular formula is C16H11BrFNO3. The average Bonchev–Trinajstić information content (AvgIpc) is 2.96. The standard InChI is InChI=1S/C16H11BrFNO3/c17-11-2-3-13(12(18)8-11)19-6-5-14(20)10-1-4-15-16(7-10)22-9-21-15/h1-8,19H,9H2/b6-5+. The third kappa shape index (κ3) is 3.12. The molecule has 0 spiro atoms. The van der Waals surface area contributed by atoms with Gasteiger partial charge in [-0.15, -0.1) is 0 Å². The van der Waals surface area contributed by atoms with Crippen LogP contribution in [0.2, 0.25) is 0 Å². The van der Waals surface area contributed by atoms with Crippen LogP contribution >= 0.6 is 15.9 Å². The molecule has 0 fully saturated rings. The third-order valence-electron chi connectivity index (χ3n) is 3.06. The van der Waals surface area contributed by atoms with Crippen LogP contribution in [0.4, 0.5) is 10.1 Å². The van der Waals surface area contributed by atoms with Gasteiger partial charge in [-0.25, -0.2) is 4.39 Å². The van der Waals surface area contributed by atoms with Crippen molar-refractivity contribution in [2.45, 2.75) is 0 Å². The second-order valence-electron chi connectivity index (χ2n) is 4.53. The Bertz CT molecular complexity index is 761. The van der Waals surface area contributed by atoms with Crippen molar-refractivity contribution in [1.29, 1.82) is 0 Å². The van der Waals surface area contributed by atoms with E-state index in [1.807, 2.05) is 0 Å². The molecule has 1 heterocycles. The zero-order valence-electron chi connectivity index (χ0n) is 11.3. The lowest BCUT2D eigenvalue weighted by Crippen LogP contribution is -1.97. The van der Waals surface area contributed by atoms with Crippen molar-refractivity contribution in [2.24, 2.45) is 0 Å². The summed E-state index contributed by atoms with van der Waals surface area (Å²) in [5.41, 5.74) is 0.761. The van der Waals surface area contributed by atoms with Crippen LogP contribution < -0.4 is 14.8 Å². The highest BCUT2D eigenvalue weighted by Gasteiger charge is 2.15. The largest absolute Gasteiger partial charge is 0.454 e. The SMILES string of the molecule is O=C(/C=C/Nc1ccc(Br)cc1F)c1ccc2c(c1)OCO2. The van der Waals surface area contributed by atoms with Crippen LogP contribution in [0.25, 0.3) is 0 Å². The van der Waals surface area contributed by atoms with Crippen LogP contribution in [-0.2, 0) is 0 Å². The van der Waals surface area contributed by atoms with Gasteiger partial charge in [0.2, 0.25) is 6.79 Å². The van der Waals surface area contributed by atoms with E-state index in [1.165, 1.54) is 18.3 Å². The van der Waals surface area contributed by atoms with Crippen LogP contribution in [0.1, 0.15) is 10.4 Å². The van der Waals surface area contributed by atoms with Gasteiger partial charge in [-0.2, -0.15) is 0 Å². The number of benzene rings is 2. The molecule has 112 valence electrons. The van der Waals surface area contributed by atoms with Gasteiger partial charge in [0.15, 0.2) is 17.3 Å². The van der Waals surface area contributed by atoms with E-state index in [0.29, 0.717) is 21.5 Å². The summed E-state index contributed by atoms with van der Waals surface area (Å²) in [6.07, 6.45) is 2.73. The van der Waals surface area contributed by atoms with E-state index in [0.717, 1.165) is 0 Å². The van der Waals surface area contributed by atoms with Crippen LogP contribution in [0.15, 0.2) is 53.1 Å². The molecular weight excluding hydrogens is 353 g/mol. The maximum atomic E-state index is 13.6. The number of fused-ring (bicyclic) bond motifs is 1. The van der Waals surface area contributed by atoms with E-state index >= 15 is 0 Å². The topological polar surface area (TPSA) is 47.6 Å². The normalized spacial score (nSPS) is 12.6. The number of ether oxygens (including phenoxy) is 2. The minimum Gasteiger partial charge on any atom is -0.454 e. The summed E-state index contributed by atoms with van der Waals surface area (Å²) in [6, 6.07) is 9.59. The fourth-order valence-corrected chi connectivity index (χ4v) is 2.29. The highest BCUT2D eigenvalue weighted by molar-refractivity contribution is 9.10. The monoisotopic (exact) mass is 363 g/mol. The molecule has 2 aromatic carbocycles. The molecule has 0 saturated heterocycles. The fraction of sp³-hybridized carbons (Fsp3) is 0.0625. The van der Waals surface area contributed by atoms with E-state index in [-0.39, 0.29) is 18.3 Å². The van der Waals surface area contributed by atoms with Crippen molar-refractivity contribution in [2.75, 3.05) is 12.1 Å². The van der Waals surface area contributed by atoms with Crippen molar-refractivity contribution < 1.29 is 18.7 Å². The summed E-state index contributed by atoms with van der Waals surface area (Å²) in [4.78, 5) is 12.0. The number of nitrogens with one attached hydrogen (secondary N) is 1. The van der Waals surface area contributed by atoms with Crippen molar-refractivity contribution in [1.82, 2.24) is 0 Å². The van der Waals surface area contributed by atoms with Gasteiger partial charge in [0.1, 0.15) is 5.82 Å². The Hall–Kier alpha value is -2.34. The number of hydrogen-bond donors (Lipinski definition) is 1. The van der Waals surface area contributed by atoms with Gasteiger partial charge in [0.25, 0.3) is 0 Å². The molecule has 0 aliphatic carbocycles.